The molecule has 3 heteroatoms. The predicted octanol–water partition coefficient (Wildman–Crippen LogP) is 2.62. The molecular weight excluding hydrogens is 258 g/mol. The Kier molecular flexibility index (Phi) is 5.96. The Balaban J connectivity index is 1.47. The van der Waals surface area contributed by atoms with E-state index in [0.29, 0.717) is 0 Å². The lowest BCUT2D eigenvalue weighted by Crippen LogP contribution is -2.51. The Morgan fingerprint density at radius 1 is 1.05 bits per heavy atom. The van der Waals surface area contributed by atoms with Crippen molar-refractivity contribution in [2.45, 2.75) is 70.4 Å². The minimum atomic E-state index is 0.782. The molecule has 2 heterocycles. The van der Waals surface area contributed by atoms with Crippen LogP contribution in [-0.2, 0) is 0 Å². The van der Waals surface area contributed by atoms with Gasteiger partial charge in [0.05, 0.1) is 0 Å². The molecule has 2 saturated heterocycles. The number of piperidine rings is 1. The van der Waals surface area contributed by atoms with Crippen LogP contribution < -0.4 is 10.6 Å². The van der Waals surface area contributed by atoms with Crippen LogP contribution >= 0.6 is 0 Å². The van der Waals surface area contributed by atoms with E-state index in [9.17, 15) is 0 Å². The summed E-state index contributed by atoms with van der Waals surface area (Å²) in [6.45, 7) is 8.67. The quantitative estimate of drug-likeness (QED) is 0.816. The summed E-state index contributed by atoms with van der Waals surface area (Å²) < 4.78 is 0. The van der Waals surface area contributed by atoms with E-state index in [1.54, 1.807) is 0 Å². The van der Waals surface area contributed by atoms with Gasteiger partial charge < -0.3 is 15.5 Å². The van der Waals surface area contributed by atoms with Crippen molar-refractivity contribution in [3.63, 3.8) is 0 Å². The summed E-state index contributed by atoms with van der Waals surface area (Å²) in [7, 11) is 0. The lowest BCUT2D eigenvalue weighted by molar-refractivity contribution is 0.177. The maximum atomic E-state index is 3.99. The third-order valence-corrected chi connectivity index (χ3v) is 6.17. The van der Waals surface area contributed by atoms with Crippen LogP contribution in [0, 0.1) is 11.8 Å². The molecule has 21 heavy (non-hydrogen) atoms. The molecule has 0 bridgehead atoms. The lowest BCUT2D eigenvalue weighted by atomic mass is 9.77. The molecule has 122 valence electrons. The molecular formula is C18H35N3. The number of rotatable bonds is 5. The van der Waals surface area contributed by atoms with Gasteiger partial charge in [-0.2, -0.15) is 0 Å². The van der Waals surface area contributed by atoms with E-state index in [2.05, 4.69) is 22.5 Å². The van der Waals surface area contributed by atoms with Gasteiger partial charge in [-0.05, 0) is 70.1 Å². The van der Waals surface area contributed by atoms with Crippen LogP contribution in [0.3, 0.4) is 0 Å². The molecule has 0 aromatic carbocycles. The molecule has 0 amide bonds. The highest BCUT2D eigenvalue weighted by Gasteiger charge is 2.33. The fourth-order valence-corrected chi connectivity index (χ4v) is 4.82. The summed E-state index contributed by atoms with van der Waals surface area (Å²) >= 11 is 0. The molecule has 2 N–H and O–H groups in total. The van der Waals surface area contributed by atoms with Crippen molar-refractivity contribution in [2.24, 2.45) is 11.8 Å². The Morgan fingerprint density at radius 3 is 2.67 bits per heavy atom. The highest BCUT2D eigenvalue weighted by Crippen LogP contribution is 2.30. The number of nitrogens with one attached hydrogen (secondary N) is 2. The summed E-state index contributed by atoms with van der Waals surface area (Å²) in [6, 6.07) is 1.58. The predicted molar refractivity (Wildman–Crippen MR) is 89.6 cm³/mol. The van der Waals surface area contributed by atoms with Crippen LogP contribution in [-0.4, -0.2) is 49.7 Å². The van der Waals surface area contributed by atoms with Gasteiger partial charge in [-0.3, -0.25) is 0 Å². The third-order valence-electron chi connectivity index (χ3n) is 6.17. The minimum absolute atomic E-state index is 0.782. The topological polar surface area (TPSA) is 27.3 Å². The fourth-order valence-electron chi connectivity index (χ4n) is 4.82. The van der Waals surface area contributed by atoms with Crippen molar-refractivity contribution in [1.82, 2.24) is 15.5 Å². The van der Waals surface area contributed by atoms with E-state index < -0.39 is 0 Å². The zero-order valence-electron chi connectivity index (χ0n) is 13.9. The van der Waals surface area contributed by atoms with Crippen LogP contribution in [0.5, 0.6) is 0 Å². The first-order valence-corrected chi connectivity index (χ1v) is 9.56. The van der Waals surface area contributed by atoms with E-state index in [1.165, 1.54) is 84.1 Å². The smallest absolute Gasteiger partial charge is 0.0110 e. The number of nitrogens with zero attached hydrogens (tertiary/aromatic N) is 1. The standard InChI is InChI=1S/C18H35N3/c1-2-21-12-10-15(14-21)13-20-18-8-4-3-7-16(18)17-9-5-6-11-19-17/h15-20H,2-14H2,1H3. The molecule has 2 aliphatic heterocycles. The highest BCUT2D eigenvalue weighted by molar-refractivity contribution is 4.91. The average Bonchev–Trinajstić information content (AvgIpc) is 3.02. The van der Waals surface area contributed by atoms with Gasteiger partial charge in [-0.25, -0.2) is 0 Å². The molecule has 3 fully saturated rings. The maximum Gasteiger partial charge on any atom is 0.0110 e. The average molecular weight is 293 g/mol. The second-order valence-electron chi connectivity index (χ2n) is 7.57. The molecule has 1 saturated carbocycles. The molecule has 0 spiro atoms. The van der Waals surface area contributed by atoms with Crippen molar-refractivity contribution in [3.8, 4) is 0 Å². The zero-order chi connectivity index (χ0) is 14.5. The minimum Gasteiger partial charge on any atom is -0.314 e. The molecule has 3 nitrogen and oxygen atoms in total. The van der Waals surface area contributed by atoms with Crippen LogP contribution in [0.4, 0.5) is 0 Å². The normalized spacial score (nSPS) is 38.7. The van der Waals surface area contributed by atoms with Crippen LogP contribution in [0.1, 0.15) is 58.3 Å². The lowest BCUT2D eigenvalue weighted by Gasteiger charge is -2.40. The summed E-state index contributed by atoms with van der Waals surface area (Å²) in [6.07, 6.45) is 11.4. The van der Waals surface area contributed by atoms with Gasteiger partial charge in [0.15, 0.2) is 0 Å². The molecule has 4 unspecified atom stereocenters. The summed E-state index contributed by atoms with van der Waals surface area (Å²) in [5.74, 6) is 1.79. The Labute approximate surface area is 131 Å². The Bertz CT molecular complexity index is 301. The Morgan fingerprint density at radius 2 is 1.90 bits per heavy atom. The van der Waals surface area contributed by atoms with Gasteiger partial charge in [-0.15, -0.1) is 0 Å². The molecule has 0 aromatic rings. The second-order valence-corrected chi connectivity index (χ2v) is 7.57. The first-order valence-electron chi connectivity index (χ1n) is 9.56. The monoisotopic (exact) mass is 293 g/mol. The summed E-state index contributed by atoms with van der Waals surface area (Å²) in [5.41, 5.74) is 0. The third kappa shape index (κ3) is 4.20. The van der Waals surface area contributed by atoms with Gasteiger partial charge in [0.1, 0.15) is 0 Å². The van der Waals surface area contributed by atoms with E-state index >= 15 is 0 Å². The van der Waals surface area contributed by atoms with Gasteiger partial charge >= 0.3 is 0 Å². The molecule has 4 atom stereocenters. The SMILES string of the molecule is CCN1CCC(CNC2CCCCC2C2CCCCN2)C1. The largest absolute Gasteiger partial charge is 0.314 e. The molecule has 0 aromatic heterocycles. The Hall–Kier alpha value is -0.120. The number of hydrogen-bond donors (Lipinski definition) is 2. The number of hydrogen-bond acceptors (Lipinski definition) is 3. The van der Waals surface area contributed by atoms with Crippen molar-refractivity contribution in [2.75, 3.05) is 32.7 Å². The highest BCUT2D eigenvalue weighted by atomic mass is 15.1. The van der Waals surface area contributed by atoms with Gasteiger partial charge in [0.25, 0.3) is 0 Å². The molecule has 1 aliphatic carbocycles. The summed E-state index contributed by atoms with van der Waals surface area (Å²) in [4.78, 5) is 2.60. The zero-order valence-corrected chi connectivity index (χ0v) is 13.9. The fraction of sp³-hybridized carbons (Fsp3) is 1.00. The van der Waals surface area contributed by atoms with E-state index in [-0.39, 0.29) is 0 Å². The van der Waals surface area contributed by atoms with Crippen LogP contribution in [0.15, 0.2) is 0 Å². The molecule has 3 rings (SSSR count). The molecule has 3 aliphatic rings. The molecule has 0 radical (unpaired) electrons. The van der Waals surface area contributed by atoms with E-state index in [1.807, 2.05) is 0 Å². The van der Waals surface area contributed by atoms with Crippen molar-refractivity contribution >= 4 is 0 Å². The van der Waals surface area contributed by atoms with Gasteiger partial charge in [0.2, 0.25) is 0 Å². The summed E-state index contributed by atoms with van der Waals surface area (Å²) in [5, 5.41) is 7.80. The first kappa shape index (κ1) is 15.8. The van der Waals surface area contributed by atoms with Crippen molar-refractivity contribution in [1.29, 1.82) is 0 Å². The van der Waals surface area contributed by atoms with E-state index in [0.717, 1.165) is 23.9 Å². The van der Waals surface area contributed by atoms with Gasteiger partial charge in [-0.1, -0.05) is 26.2 Å². The first-order chi connectivity index (χ1) is 10.4. The van der Waals surface area contributed by atoms with Gasteiger partial charge in [0, 0.05) is 18.6 Å². The van der Waals surface area contributed by atoms with E-state index in [4.69, 9.17) is 0 Å². The maximum absolute atomic E-state index is 3.99. The van der Waals surface area contributed by atoms with Crippen LogP contribution in [0.25, 0.3) is 0 Å². The van der Waals surface area contributed by atoms with Crippen molar-refractivity contribution < 1.29 is 0 Å². The number of likely N-dealkylation sites (tertiary alicyclic amines) is 1. The van der Waals surface area contributed by atoms with Crippen molar-refractivity contribution in [3.05, 3.63) is 0 Å². The second kappa shape index (κ2) is 7.94. The van der Waals surface area contributed by atoms with Crippen LogP contribution in [0.2, 0.25) is 0 Å².